The Morgan fingerprint density at radius 1 is 1.10 bits per heavy atom. The monoisotopic (exact) mass is 468 g/mol. The predicted octanol–water partition coefficient (Wildman–Crippen LogP) is 2.44. The summed E-state index contributed by atoms with van der Waals surface area (Å²) in [5.74, 6) is -1.29. The molecule has 0 bridgehead atoms. The fourth-order valence-corrected chi connectivity index (χ4v) is 4.30. The fourth-order valence-electron chi connectivity index (χ4n) is 4.00. The number of carbonyl (C=O) groups is 1. The Hall–Kier alpha value is -1.51. The molecular formula is C23H26Cl2O6. The molecule has 0 heterocycles. The minimum absolute atomic E-state index is 0.346. The van der Waals surface area contributed by atoms with Crippen molar-refractivity contribution in [3.8, 4) is 0 Å². The molecular weight excluding hydrogens is 443 g/mol. The zero-order valence-corrected chi connectivity index (χ0v) is 18.3. The predicted molar refractivity (Wildman–Crippen MR) is 119 cm³/mol. The van der Waals surface area contributed by atoms with Crippen LogP contribution >= 0.6 is 23.2 Å². The van der Waals surface area contributed by atoms with Gasteiger partial charge in [0.1, 0.15) is 24.4 Å². The van der Waals surface area contributed by atoms with Gasteiger partial charge in [0, 0.05) is 5.92 Å². The normalized spacial score (nSPS) is 24.0. The first-order valence-corrected chi connectivity index (χ1v) is 10.9. The Balaban J connectivity index is 1.76. The summed E-state index contributed by atoms with van der Waals surface area (Å²) in [4.78, 5) is 12.7. The highest BCUT2D eigenvalue weighted by Crippen LogP contribution is 2.39. The Bertz CT molecular complexity index is 923. The molecule has 0 saturated heterocycles. The van der Waals surface area contributed by atoms with Crippen molar-refractivity contribution in [3.05, 3.63) is 62.7 Å². The topological polar surface area (TPSA) is 118 Å². The minimum Gasteiger partial charge on any atom is -0.394 e. The van der Waals surface area contributed by atoms with Crippen molar-refractivity contribution < 1.29 is 30.3 Å². The van der Waals surface area contributed by atoms with Crippen LogP contribution in [0.5, 0.6) is 0 Å². The van der Waals surface area contributed by atoms with Gasteiger partial charge in [0.15, 0.2) is 5.78 Å². The molecule has 2 aliphatic carbocycles. The summed E-state index contributed by atoms with van der Waals surface area (Å²) in [5.41, 5.74) is 4.12. The van der Waals surface area contributed by atoms with E-state index in [9.17, 15) is 25.2 Å². The van der Waals surface area contributed by atoms with Gasteiger partial charge in [-0.05, 0) is 60.1 Å². The number of rotatable bonds is 7. The van der Waals surface area contributed by atoms with Crippen LogP contribution in [0.2, 0.25) is 10.0 Å². The largest absolute Gasteiger partial charge is 0.394 e. The van der Waals surface area contributed by atoms with E-state index in [0.717, 1.165) is 41.5 Å². The Morgan fingerprint density at radius 2 is 1.84 bits per heavy atom. The number of benzene rings is 1. The molecule has 3 rings (SSSR count). The molecule has 0 amide bonds. The van der Waals surface area contributed by atoms with Gasteiger partial charge in [0.05, 0.1) is 16.7 Å². The molecule has 0 aliphatic heterocycles. The lowest BCUT2D eigenvalue weighted by atomic mass is 9.76. The molecule has 0 spiro atoms. The summed E-state index contributed by atoms with van der Waals surface area (Å²) in [5, 5.41) is 49.3. The number of aliphatic hydroxyl groups is 5. The molecule has 1 saturated carbocycles. The van der Waals surface area contributed by atoms with Gasteiger partial charge in [-0.2, -0.15) is 0 Å². The van der Waals surface area contributed by atoms with Crippen LogP contribution in [-0.4, -0.2) is 62.3 Å². The summed E-state index contributed by atoms with van der Waals surface area (Å²) in [6.45, 7) is -0.799. The Morgan fingerprint density at radius 3 is 2.52 bits per heavy atom. The lowest BCUT2D eigenvalue weighted by Gasteiger charge is -2.30. The van der Waals surface area contributed by atoms with Crippen LogP contribution < -0.4 is 0 Å². The summed E-state index contributed by atoms with van der Waals surface area (Å²) in [6.07, 6.45) is 1.49. The molecule has 2 aliphatic rings. The number of aliphatic hydroxyl groups excluding tert-OH is 5. The zero-order valence-electron chi connectivity index (χ0n) is 16.8. The van der Waals surface area contributed by atoms with Crippen molar-refractivity contribution in [2.45, 2.75) is 50.1 Å². The van der Waals surface area contributed by atoms with E-state index in [0.29, 0.717) is 16.5 Å². The van der Waals surface area contributed by atoms with Crippen LogP contribution in [0.4, 0.5) is 0 Å². The van der Waals surface area contributed by atoms with Crippen molar-refractivity contribution in [1.29, 1.82) is 0 Å². The van der Waals surface area contributed by atoms with E-state index in [4.69, 9.17) is 28.3 Å². The van der Waals surface area contributed by atoms with Crippen molar-refractivity contribution >= 4 is 35.1 Å². The molecule has 6 nitrogen and oxygen atoms in total. The molecule has 8 heteroatoms. The van der Waals surface area contributed by atoms with Gasteiger partial charge in [0.25, 0.3) is 0 Å². The molecule has 0 aromatic heterocycles. The zero-order chi connectivity index (χ0) is 22.7. The molecule has 1 aromatic rings. The summed E-state index contributed by atoms with van der Waals surface area (Å²) in [6, 6.07) is 5.43. The second-order valence-electron chi connectivity index (χ2n) is 7.93. The van der Waals surface area contributed by atoms with Gasteiger partial charge in [-0.15, -0.1) is 0 Å². The molecule has 5 N–H and O–H groups in total. The van der Waals surface area contributed by atoms with Gasteiger partial charge in [-0.1, -0.05) is 47.5 Å². The number of hydrogen-bond acceptors (Lipinski definition) is 6. The SMILES string of the molecule is O=C(C1C=C2CCCC(=Cc3ccc(Cl)c(Cl)c3)C2=CC1)[C@H](O)[C@@H](O)[C@H](O)[C@H](O)CO. The summed E-state index contributed by atoms with van der Waals surface area (Å²) >= 11 is 12.1. The quantitative estimate of drug-likeness (QED) is 0.419. The first-order valence-electron chi connectivity index (χ1n) is 10.2. The number of carbonyl (C=O) groups excluding carboxylic acids is 1. The minimum atomic E-state index is -1.89. The van der Waals surface area contributed by atoms with Crippen LogP contribution in [0.25, 0.3) is 6.08 Å². The van der Waals surface area contributed by atoms with Gasteiger partial charge in [0.2, 0.25) is 0 Å². The van der Waals surface area contributed by atoms with Gasteiger partial charge < -0.3 is 25.5 Å². The van der Waals surface area contributed by atoms with Crippen molar-refractivity contribution in [2.24, 2.45) is 5.92 Å². The van der Waals surface area contributed by atoms with E-state index in [1.807, 2.05) is 18.2 Å². The highest BCUT2D eigenvalue weighted by molar-refractivity contribution is 6.42. The molecule has 168 valence electrons. The number of ketones is 1. The van der Waals surface area contributed by atoms with Gasteiger partial charge in [-0.25, -0.2) is 0 Å². The standard InChI is InChI=1S/C23H26Cl2O6/c24-17-7-4-12(9-18(17)25)8-13-2-1-3-14-10-15(5-6-16(13)14)20(28)22(30)23(31)21(29)19(27)11-26/h4,6-10,15,19,21-23,26-27,29-31H,1-3,5,11H2/t15?,19-,21-,22+,23+/m1/s1. The molecule has 5 atom stereocenters. The van der Waals surface area contributed by atoms with E-state index in [1.165, 1.54) is 0 Å². The maximum absolute atomic E-state index is 12.7. The number of Topliss-reactive ketones (excluding diaryl/α,β-unsaturated/α-hetero) is 1. The average molecular weight is 469 g/mol. The second kappa shape index (κ2) is 10.4. The van der Waals surface area contributed by atoms with Crippen LogP contribution in [0.15, 0.2) is 47.1 Å². The first-order chi connectivity index (χ1) is 14.7. The number of allylic oxidation sites excluding steroid dienone is 5. The smallest absolute Gasteiger partial charge is 0.171 e. The van der Waals surface area contributed by atoms with E-state index in [-0.39, 0.29) is 0 Å². The van der Waals surface area contributed by atoms with Crippen LogP contribution in [-0.2, 0) is 4.79 Å². The third-order valence-electron chi connectivity index (χ3n) is 5.76. The third kappa shape index (κ3) is 5.46. The lowest BCUT2D eigenvalue weighted by Crippen LogP contribution is -2.49. The van der Waals surface area contributed by atoms with E-state index >= 15 is 0 Å². The highest BCUT2D eigenvalue weighted by atomic mass is 35.5. The number of halogens is 2. The van der Waals surface area contributed by atoms with Crippen molar-refractivity contribution in [3.63, 3.8) is 0 Å². The van der Waals surface area contributed by atoms with E-state index in [2.05, 4.69) is 6.08 Å². The summed E-state index contributed by atoms with van der Waals surface area (Å²) in [7, 11) is 0. The maximum Gasteiger partial charge on any atom is 0.171 e. The molecule has 1 fully saturated rings. The van der Waals surface area contributed by atoms with Gasteiger partial charge >= 0.3 is 0 Å². The lowest BCUT2D eigenvalue weighted by molar-refractivity contribution is -0.149. The average Bonchev–Trinajstić information content (AvgIpc) is 2.78. The molecule has 0 radical (unpaired) electrons. The highest BCUT2D eigenvalue weighted by Gasteiger charge is 2.37. The Labute approximate surface area is 190 Å². The van der Waals surface area contributed by atoms with Gasteiger partial charge in [-0.3, -0.25) is 4.79 Å². The second-order valence-corrected chi connectivity index (χ2v) is 8.74. The van der Waals surface area contributed by atoms with Crippen LogP contribution in [0, 0.1) is 5.92 Å². The fraction of sp³-hybridized carbons (Fsp3) is 0.435. The van der Waals surface area contributed by atoms with Crippen LogP contribution in [0.3, 0.4) is 0 Å². The first kappa shape index (κ1) is 24.1. The molecule has 31 heavy (non-hydrogen) atoms. The number of fused-ring (bicyclic) bond motifs is 1. The van der Waals surface area contributed by atoms with Crippen LogP contribution in [0.1, 0.15) is 31.2 Å². The third-order valence-corrected chi connectivity index (χ3v) is 6.50. The van der Waals surface area contributed by atoms with E-state index in [1.54, 1.807) is 12.1 Å². The van der Waals surface area contributed by atoms with Crippen molar-refractivity contribution in [1.82, 2.24) is 0 Å². The van der Waals surface area contributed by atoms with Crippen molar-refractivity contribution in [2.75, 3.05) is 6.61 Å². The molecule has 1 aromatic carbocycles. The van der Waals surface area contributed by atoms with E-state index < -0.39 is 42.7 Å². The Kier molecular flexibility index (Phi) is 8.10. The summed E-state index contributed by atoms with van der Waals surface area (Å²) < 4.78 is 0. The molecule has 1 unspecified atom stereocenters. The maximum atomic E-state index is 12.7. The number of hydrogen-bond donors (Lipinski definition) is 5.